The molecule has 0 aromatic carbocycles. The normalized spacial score (nSPS) is 19.2. The van der Waals surface area contributed by atoms with E-state index in [0.717, 1.165) is 38.3 Å². The average molecular weight is 250 g/mol. The third-order valence-corrected chi connectivity index (χ3v) is 3.27. The fraction of sp³-hybridized carbons (Fsp3) is 0.692. The lowest BCUT2D eigenvalue weighted by Gasteiger charge is -2.17. The van der Waals surface area contributed by atoms with Crippen LogP contribution in [0.15, 0.2) is 12.4 Å². The Morgan fingerprint density at radius 1 is 1.50 bits per heavy atom. The van der Waals surface area contributed by atoms with Gasteiger partial charge in [0.05, 0.1) is 6.61 Å². The zero-order valence-corrected chi connectivity index (χ0v) is 11.0. The molecule has 100 valence electrons. The molecule has 1 unspecified atom stereocenters. The highest BCUT2D eigenvalue weighted by Gasteiger charge is 2.23. The van der Waals surface area contributed by atoms with Gasteiger partial charge in [0, 0.05) is 19.2 Å². The first-order chi connectivity index (χ1) is 8.83. The Morgan fingerprint density at radius 2 is 2.39 bits per heavy atom. The van der Waals surface area contributed by atoms with Crippen LogP contribution in [-0.4, -0.2) is 36.2 Å². The molecule has 0 aliphatic carbocycles. The molecule has 1 aromatic rings. The number of nitrogens with two attached hydrogens (primary N) is 1. The Morgan fingerprint density at radius 3 is 3.17 bits per heavy atom. The van der Waals surface area contributed by atoms with E-state index in [4.69, 9.17) is 10.5 Å². The molecular formula is C13H22N4O. The van der Waals surface area contributed by atoms with Gasteiger partial charge in [-0.1, -0.05) is 6.92 Å². The van der Waals surface area contributed by atoms with Gasteiger partial charge < -0.3 is 15.4 Å². The van der Waals surface area contributed by atoms with Crippen molar-refractivity contribution in [1.82, 2.24) is 9.97 Å². The second-order valence-electron chi connectivity index (χ2n) is 4.74. The van der Waals surface area contributed by atoms with E-state index in [1.165, 1.54) is 6.42 Å². The number of hydrogen-bond acceptors (Lipinski definition) is 5. The molecule has 1 atom stereocenters. The van der Waals surface area contributed by atoms with Crippen molar-refractivity contribution in [1.29, 1.82) is 0 Å². The molecule has 0 bridgehead atoms. The Kier molecular flexibility index (Phi) is 4.75. The number of aromatic nitrogens is 2. The molecule has 0 spiro atoms. The highest BCUT2D eigenvalue weighted by atomic mass is 16.5. The molecule has 0 amide bonds. The Bertz CT molecular complexity index is 372. The first-order valence-corrected chi connectivity index (χ1v) is 6.73. The van der Waals surface area contributed by atoms with Crippen LogP contribution in [0.25, 0.3) is 0 Å². The van der Waals surface area contributed by atoms with Crippen LogP contribution >= 0.6 is 0 Å². The van der Waals surface area contributed by atoms with E-state index in [9.17, 15) is 0 Å². The largest absolute Gasteiger partial charge is 0.478 e. The molecule has 0 saturated carbocycles. The molecule has 18 heavy (non-hydrogen) atoms. The minimum Gasteiger partial charge on any atom is -0.478 e. The lowest BCUT2D eigenvalue weighted by molar-refractivity contribution is 0.304. The number of rotatable bonds is 6. The van der Waals surface area contributed by atoms with E-state index in [-0.39, 0.29) is 0 Å². The fourth-order valence-corrected chi connectivity index (χ4v) is 2.30. The molecule has 1 aromatic heterocycles. The first-order valence-electron chi connectivity index (χ1n) is 6.73. The van der Waals surface area contributed by atoms with Crippen LogP contribution in [-0.2, 0) is 0 Å². The first kappa shape index (κ1) is 13.1. The lowest BCUT2D eigenvalue weighted by atomic mass is 10.1. The van der Waals surface area contributed by atoms with E-state index < -0.39 is 0 Å². The monoisotopic (exact) mass is 250 g/mol. The second kappa shape index (κ2) is 6.54. The van der Waals surface area contributed by atoms with Crippen LogP contribution in [0, 0.1) is 5.92 Å². The summed E-state index contributed by atoms with van der Waals surface area (Å²) < 4.78 is 5.53. The molecule has 0 radical (unpaired) electrons. The van der Waals surface area contributed by atoms with Gasteiger partial charge in [-0.3, -0.25) is 0 Å². The minimum absolute atomic E-state index is 0.670. The van der Waals surface area contributed by atoms with Crippen molar-refractivity contribution in [3.8, 4) is 5.88 Å². The Labute approximate surface area is 108 Å². The molecule has 1 fully saturated rings. The number of nitrogens with zero attached hydrogens (tertiary/aromatic N) is 3. The van der Waals surface area contributed by atoms with Crippen molar-refractivity contribution < 1.29 is 4.74 Å². The van der Waals surface area contributed by atoms with E-state index in [2.05, 4.69) is 21.8 Å². The van der Waals surface area contributed by atoms with Gasteiger partial charge in [-0.25, -0.2) is 9.97 Å². The van der Waals surface area contributed by atoms with Gasteiger partial charge in [-0.05, 0) is 31.7 Å². The van der Waals surface area contributed by atoms with Gasteiger partial charge in [0.2, 0.25) is 5.88 Å². The summed E-state index contributed by atoms with van der Waals surface area (Å²) in [7, 11) is 0. The highest BCUT2D eigenvalue weighted by Crippen LogP contribution is 2.25. The maximum absolute atomic E-state index is 5.61. The molecule has 2 N–H and O–H groups in total. The lowest BCUT2D eigenvalue weighted by Crippen LogP contribution is -2.21. The van der Waals surface area contributed by atoms with Crippen molar-refractivity contribution >= 4 is 5.82 Å². The van der Waals surface area contributed by atoms with Crippen LogP contribution in [0.2, 0.25) is 0 Å². The second-order valence-corrected chi connectivity index (χ2v) is 4.74. The predicted molar refractivity (Wildman–Crippen MR) is 71.8 cm³/mol. The summed E-state index contributed by atoms with van der Waals surface area (Å²) in [4.78, 5) is 10.7. The van der Waals surface area contributed by atoms with E-state index in [0.29, 0.717) is 18.4 Å². The fourth-order valence-electron chi connectivity index (χ4n) is 2.30. The average Bonchev–Trinajstić information content (AvgIpc) is 2.86. The Balaban J connectivity index is 1.96. The quantitative estimate of drug-likeness (QED) is 0.827. The van der Waals surface area contributed by atoms with Gasteiger partial charge in [0.25, 0.3) is 0 Å². The summed E-state index contributed by atoms with van der Waals surface area (Å²) in [6.07, 6.45) is 4.87. The Hall–Kier alpha value is -1.36. The molecule has 5 nitrogen and oxygen atoms in total. The van der Waals surface area contributed by atoms with Gasteiger partial charge in [-0.2, -0.15) is 0 Å². The number of hydrogen-bond donors (Lipinski definition) is 1. The van der Waals surface area contributed by atoms with Crippen LogP contribution in [0.1, 0.15) is 26.2 Å². The smallest absolute Gasteiger partial charge is 0.218 e. The van der Waals surface area contributed by atoms with E-state index in [1.807, 2.05) is 6.07 Å². The topological polar surface area (TPSA) is 64.3 Å². The van der Waals surface area contributed by atoms with E-state index in [1.54, 1.807) is 6.33 Å². The SMILES string of the molecule is CCCOc1cc(N2CCC(CCN)C2)ncn1. The molecule has 5 heteroatoms. The third kappa shape index (κ3) is 3.32. The summed E-state index contributed by atoms with van der Waals surface area (Å²) in [6.45, 7) is 5.65. The maximum atomic E-state index is 5.61. The standard InChI is InChI=1S/C13H22N4O/c1-2-7-18-13-8-12(15-10-16-13)17-6-4-11(9-17)3-5-14/h8,10-11H,2-7,9,14H2,1H3. The van der Waals surface area contributed by atoms with Crippen molar-refractivity contribution in [2.75, 3.05) is 31.1 Å². The summed E-state index contributed by atoms with van der Waals surface area (Å²) in [5.41, 5.74) is 5.61. The predicted octanol–water partition coefficient (Wildman–Crippen LogP) is 1.44. The summed E-state index contributed by atoms with van der Waals surface area (Å²) in [5, 5.41) is 0. The van der Waals surface area contributed by atoms with Crippen molar-refractivity contribution in [2.45, 2.75) is 26.2 Å². The van der Waals surface area contributed by atoms with Crippen molar-refractivity contribution in [3.63, 3.8) is 0 Å². The van der Waals surface area contributed by atoms with Crippen LogP contribution in [0.3, 0.4) is 0 Å². The van der Waals surface area contributed by atoms with Crippen LogP contribution in [0.5, 0.6) is 5.88 Å². The minimum atomic E-state index is 0.670. The molecular weight excluding hydrogens is 228 g/mol. The maximum Gasteiger partial charge on any atom is 0.218 e. The van der Waals surface area contributed by atoms with Crippen LogP contribution < -0.4 is 15.4 Å². The summed E-state index contributed by atoms with van der Waals surface area (Å²) in [5.74, 6) is 2.34. The third-order valence-electron chi connectivity index (χ3n) is 3.27. The molecule has 1 aliphatic rings. The summed E-state index contributed by atoms with van der Waals surface area (Å²) >= 11 is 0. The number of ether oxygens (including phenoxy) is 1. The van der Waals surface area contributed by atoms with Gasteiger partial charge in [0.15, 0.2) is 0 Å². The van der Waals surface area contributed by atoms with Gasteiger partial charge >= 0.3 is 0 Å². The zero-order chi connectivity index (χ0) is 12.8. The highest BCUT2D eigenvalue weighted by molar-refractivity contribution is 5.41. The van der Waals surface area contributed by atoms with Gasteiger partial charge in [-0.15, -0.1) is 0 Å². The van der Waals surface area contributed by atoms with E-state index >= 15 is 0 Å². The zero-order valence-electron chi connectivity index (χ0n) is 11.0. The van der Waals surface area contributed by atoms with Crippen molar-refractivity contribution in [3.05, 3.63) is 12.4 Å². The molecule has 2 rings (SSSR count). The number of anilines is 1. The summed E-state index contributed by atoms with van der Waals surface area (Å²) in [6, 6.07) is 1.93. The molecule has 2 heterocycles. The van der Waals surface area contributed by atoms with Gasteiger partial charge in [0.1, 0.15) is 12.1 Å². The molecule has 1 saturated heterocycles. The van der Waals surface area contributed by atoms with Crippen molar-refractivity contribution in [2.24, 2.45) is 11.7 Å². The van der Waals surface area contributed by atoms with Crippen LogP contribution in [0.4, 0.5) is 5.82 Å². The molecule has 1 aliphatic heterocycles.